The molecule has 2 aromatic heterocycles. The maximum atomic E-state index is 13.3. The summed E-state index contributed by atoms with van der Waals surface area (Å²) in [6.45, 7) is 6.82. The molecule has 1 atom stereocenters. The first-order chi connectivity index (χ1) is 19.5. The monoisotopic (exact) mass is 582 g/mol. The van der Waals surface area contributed by atoms with Crippen LogP contribution in [-0.2, 0) is 22.8 Å². The summed E-state index contributed by atoms with van der Waals surface area (Å²) in [5, 5.41) is 11.7. The Morgan fingerprint density at radius 2 is 1.73 bits per heavy atom. The molecule has 0 bridgehead atoms. The van der Waals surface area contributed by atoms with Crippen LogP contribution in [0.3, 0.4) is 0 Å². The van der Waals surface area contributed by atoms with Gasteiger partial charge in [0, 0.05) is 55.6 Å². The first kappa shape index (κ1) is 28.9. The van der Waals surface area contributed by atoms with Gasteiger partial charge in [-0.2, -0.15) is 4.18 Å². The summed E-state index contributed by atoms with van der Waals surface area (Å²) in [5.74, 6) is 0.622. The molecule has 10 heteroatoms. The molecule has 0 radical (unpaired) electrons. The topological polar surface area (TPSA) is 75.2 Å². The van der Waals surface area contributed by atoms with E-state index in [-0.39, 0.29) is 5.56 Å². The Morgan fingerprint density at radius 1 is 1.02 bits per heavy atom. The van der Waals surface area contributed by atoms with Gasteiger partial charge in [0.2, 0.25) is 5.78 Å². The standard InChI is InChI=1S/C30H36ClN5O3S/c1-3-4-5-14-35-27(19-28(37)36-20-26(32-30(35)36)22-10-12-25(31)13-11-22)23-6-8-24(9-7-23)29(38)34-17-15-33(16-18-34)21-39-40-2/h6-13,19-20,29,38H,3-5,14-18,21H2,1-2H3/p+1. The maximum absolute atomic E-state index is 13.3. The number of imidazole rings is 1. The van der Waals surface area contributed by atoms with Crippen molar-refractivity contribution in [3.8, 4) is 22.5 Å². The summed E-state index contributed by atoms with van der Waals surface area (Å²) in [6.07, 6.45) is 6.27. The molecule has 0 aliphatic carbocycles. The lowest BCUT2D eigenvalue weighted by molar-refractivity contribution is -0.0368. The number of piperazine rings is 1. The van der Waals surface area contributed by atoms with Crippen LogP contribution in [0.5, 0.6) is 0 Å². The number of hydrogen-bond donors (Lipinski definition) is 1. The van der Waals surface area contributed by atoms with E-state index in [1.165, 1.54) is 0 Å². The SMILES string of the molecule is CCCCCn1c(-c2ccc(C(O)N3CCN(CO[SH+]C)CC3)cc2)cc(=O)n2cc(-c3ccc(Cl)cc3)nc12. The van der Waals surface area contributed by atoms with Crippen molar-refractivity contribution in [1.29, 1.82) is 0 Å². The van der Waals surface area contributed by atoms with Gasteiger partial charge >= 0.3 is 0 Å². The molecule has 1 N–H and O–H groups in total. The van der Waals surface area contributed by atoms with Crippen LogP contribution in [0.2, 0.25) is 5.02 Å². The molecule has 0 saturated carbocycles. The molecular formula is C30H37ClN5O3S+. The molecule has 1 aliphatic heterocycles. The second-order valence-electron chi connectivity index (χ2n) is 10.1. The second kappa shape index (κ2) is 13.3. The Balaban J connectivity index is 1.43. The highest BCUT2D eigenvalue weighted by molar-refractivity contribution is 7.72. The third kappa shape index (κ3) is 6.46. The van der Waals surface area contributed by atoms with E-state index in [1.54, 1.807) is 16.7 Å². The molecule has 0 spiro atoms. The van der Waals surface area contributed by atoms with Crippen molar-refractivity contribution in [1.82, 2.24) is 23.8 Å². The van der Waals surface area contributed by atoms with Gasteiger partial charge in [0.25, 0.3) is 5.56 Å². The fourth-order valence-electron chi connectivity index (χ4n) is 5.15. The quantitative estimate of drug-likeness (QED) is 0.158. The molecule has 5 rings (SSSR count). The summed E-state index contributed by atoms with van der Waals surface area (Å²) in [5.41, 5.74) is 4.10. The van der Waals surface area contributed by atoms with Crippen LogP contribution in [0.25, 0.3) is 28.3 Å². The van der Waals surface area contributed by atoms with E-state index in [2.05, 4.69) is 21.3 Å². The molecule has 0 amide bonds. The van der Waals surface area contributed by atoms with Crippen LogP contribution in [0.1, 0.15) is 38.0 Å². The van der Waals surface area contributed by atoms with Gasteiger partial charge in [-0.15, -0.1) is 0 Å². The number of fused-ring (bicyclic) bond motifs is 1. The van der Waals surface area contributed by atoms with Gasteiger partial charge in [0.1, 0.15) is 24.5 Å². The van der Waals surface area contributed by atoms with Crippen LogP contribution in [0.15, 0.2) is 65.6 Å². The van der Waals surface area contributed by atoms with E-state index in [4.69, 9.17) is 20.8 Å². The van der Waals surface area contributed by atoms with Gasteiger partial charge in [0.15, 0.2) is 6.73 Å². The number of nitrogens with zero attached hydrogens (tertiary/aromatic N) is 5. The molecule has 4 aromatic rings. The van der Waals surface area contributed by atoms with Crippen molar-refractivity contribution in [2.75, 3.05) is 39.2 Å². The highest BCUT2D eigenvalue weighted by Crippen LogP contribution is 2.27. The van der Waals surface area contributed by atoms with Crippen molar-refractivity contribution in [2.24, 2.45) is 0 Å². The largest absolute Gasteiger partial charge is 0.374 e. The number of thiol groups is 1. The van der Waals surface area contributed by atoms with Gasteiger partial charge in [-0.1, -0.05) is 67.8 Å². The Labute approximate surface area is 244 Å². The Morgan fingerprint density at radius 3 is 2.40 bits per heavy atom. The molecule has 1 unspecified atom stereocenters. The predicted molar refractivity (Wildman–Crippen MR) is 164 cm³/mol. The van der Waals surface area contributed by atoms with Gasteiger partial charge in [-0.25, -0.2) is 4.98 Å². The highest BCUT2D eigenvalue weighted by atomic mass is 35.5. The number of hydrogen-bond acceptors (Lipinski definition) is 6. The zero-order valence-electron chi connectivity index (χ0n) is 23.0. The third-order valence-electron chi connectivity index (χ3n) is 7.47. The minimum absolute atomic E-state index is 0.127. The number of unbranched alkanes of at least 4 members (excludes halogenated alkanes) is 2. The number of aliphatic hydroxyl groups is 1. The third-order valence-corrected chi connectivity index (χ3v) is 8.09. The fourth-order valence-corrected chi connectivity index (χ4v) is 5.55. The van der Waals surface area contributed by atoms with Crippen LogP contribution >= 0.6 is 11.6 Å². The van der Waals surface area contributed by atoms with Crippen molar-refractivity contribution < 1.29 is 9.29 Å². The van der Waals surface area contributed by atoms with Gasteiger partial charge in [-0.3, -0.25) is 19.0 Å². The minimum Gasteiger partial charge on any atom is -0.374 e. The van der Waals surface area contributed by atoms with Crippen molar-refractivity contribution in [2.45, 2.75) is 39.0 Å². The molecule has 1 aliphatic rings. The molecule has 212 valence electrons. The molecule has 2 aromatic carbocycles. The van der Waals surface area contributed by atoms with Crippen LogP contribution < -0.4 is 5.56 Å². The van der Waals surface area contributed by atoms with Gasteiger partial charge in [0.05, 0.1) is 11.4 Å². The summed E-state index contributed by atoms with van der Waals surface area (Å²) < 4.78 is 9.26. The number of rotatable bonds is 11. The summed E-state index contributed by atoms with van der Waals surface area (Å²) in [6, 6.07) is 17.1. The molecule has 1 saturated heterocycles. The molecule has 3 heterocycles. The van der Waals surface area contributed by atoms with E-state index < -0.39 is 6.23 Å². The van der Waals surface area contributed by atoms with Crippen molar-refractivity contribution >= 4 is 29.4 Å². The zero-order chi connectivity index (χ0) is 28.1. The first-order valence-electron chi connectivity index (χ1n) is 13.8. The second-order valence-corrected chi connectivity index (χ2v) is 11.2. The van der Waals surface area contributed by atoms with Crippen molar-refractivity contribution in [3.63, 3.8) is 0 Å². The van der Waals surface area contributed by atoms with Gasteiger partial charge < -0.3 is 9.67 Å². The fraction of sp³-hybridized carbons (Fsp3) is 0.400. The average molecular weight is 583 g/mol. The van der Waals surface area contributed by atoms with E-state index in [0.29, 0.717) is 17.5 Å². The molecule has 8 nitrogen and oxygen atoms in total. The number of benzene rings is 2. The van der Waals surface area contributed by atoms with Crippen LogP contribution in [0, 0.1) is 0 Å². The average Bonchev–Trinajstić information content (AvgIpc) is 3.44. The van der Waals surface area contributed by atoms with E-state index >= 15 is 0 Å². The predicted octanol–water partition coefficient (Wildman–Crippen LogP) is 4.62. The van der Waals surface area contributed by atoms with Gasteiger partial charge in [-0.05, 0) is 29.7 Å². The minimum atomic E-state index is -0.676. The summed E-state index contributed by atoms with van der Waals surface area (Å²) in [7, 11) is 0. The molecular weight excluding hydrogens is 546 g/mol. The smallest absolute Gasteiger partial charge is 0.259 e. The highest BCUT2D eigenvalue weighted by Gasteiger charge is 2.24. The number of halogens is 1. The number of aromatic nitrogens is 3. The normalized spacial score (nSPS) is 15.6. The van der Waals surface area contributed by atoms with Crippen molar-refractivity contribution in [3.05, 3.63) is 81.7 Å². The van der Waals surface area contributed by atoms with E-state index in [1.807, 2.05) is 54.8 Å². The van der Waals surface area contributed by atoms with E-state index in [9.17, 15) is 9.90 Å². The summed E-state index contributed by atoms with van der Waals surface area (Å²) in [4.78, 5) is 22.5. The Bertz CT molecular complexity index is 1460. The Kier molecular flexibility index (Phi) is 9.62. The molecule has 40 heavy (non-hydrogen) atoms. The van der Waals surface area contributed by atoms with Crippen LogP contribution in [-0.4, -0.2) is 68.0 Å². The molecule has 1 fully saturated rings. The lowest BCUT2D eigenvalue weighted by Crippen LogP contribution is -2.48. The van der Waals surface area contributed by atoms with E-state index in [0.717, 1.165) is 92.1 Å². The first-order valence-corrected chi connectivity index (χ1v) is 15.5. The number of aryl methyl sites for hydroxylation is 1. The Hall–Kier alpha value is -2.66. The van der Waals surface area contributed by atoms with Crippen LogP contribution in [0.4, 0.5) is 0 Å². The maximum Gasteiger partial charge on any atom is 0.259 e. The number of aliphatic hydroxyl groups excluding tert-OH is 1. The summed E-state index contributed by atoms with van der Waals surface area (Å²) >= 11 is 7.01. The zero-order valence-corrected chi connectivity index (χ0v) is 24.7. The lowest BCUT2D eigenvalue weighted by Gasteiger charge is -2.36. The lowest BCUT2D eigenvalue weighted by atomic mass is 10.1.